The van der Waals surface area contributed by atoms with Crippen molar-refractivity contribution in [3.05, 3.63) is 35.9 Å². The molecule has 0 unspecified atom stereocenters. The number of likely N-dealkylation sites (tertiary alicyclic amines) is 2. The van der Waals surface area contributed by atoms with Crippen molar-refractivity contribution in [1.29, 1.82) is 0 Å². The first-order valence-electron chi connectivity index (χ1n) is 11.9. The molecule has 1 aromatic carbocycles. The van der Waals surface area contributed by atoms with Crippen molar-refractivity contribution in [3.63, 3.8) is 0 Å². The van der Waals surface area contributed by atoms with E-state index < -0.39 is 5.54 Å². The molecule has 172 valence electrons. The van der Waals surface area contributed by atoms with Gasteiger partial charge in [-0.15, -0.1) is 0 Å². The third kappa shape index (κ3) is 4.01. The minimum Gasteiger partial charge on any atom is -0.368 e. The van der Waals surface area contributed by atoms with E-state index in [2.05, 4.69) is 22.3 Å². The smallest absolute Gasteiger partial charge is 0.325 e. The summed E-state index contributed by atoms with van der Waals surface area (Å²) in [5.41, 5.74) is 0.491. The maximum absolute atomic E-state index is 13.4. The highest BCUT2D eigenvalue weighted by atomic mass is 16.5. The number of benzene rings is 1. The molecule has 0 aliphatic carbocycles. The van der Waals surface area contributed by atoms with Gasteiger partial charge >= 0.3 is 6.03 Å². The molecule has 4 heterocycles. The highest BCUT2D eigenvalue weighted by Gasteiger charge is 2.54. The Balaban J connectivity index is 1.16. The molecule has 8 nitrogen and oxygen atoms in total. The van der Waals surface area contributed by atoms with Crippen LogP contribution in [0.3, 0.4) is 0 Å². The lowest BCUT2D eigenvalue weighted by Gasteiger charge is -2.39. The summed E-state index contributed by atoms with van der Waals surface area (Å²) in [5, 5.41) is 3.04. The predicted octanol–water partition coefficient (Wildman–Crippen LogP) is 1.74. The van der Waals surface area contributed by atoms with Crippen LogP contribution in [0.1, 0.15) is 44.1 Å². The van der Waals surface area contributed by atoms with Gasteiger partial charge in [-0.3, -0.25) is 19.4 Å². The van der Waals surface area contributed by atoms with Crippen molar-refractivity contribution < 1.29 is 19.1 Å². The van der Waals surface area contributed by atoms with Gasteiger partial charge in [0.15, 0.2) is 0 Å². The molecular formula is C24H32N4O4. The van der Waals surface area contributed by atoms with E-state index in [9.17, 15) is 14.4 Å². The summed E-state index contributed by atoms with van der Waals surface area (Å²) >= 11 is 0. The number of carbonyl (C=O) groups excluding carboxylic acids is 3. The van der Waals surface area contributed by atoms with Gasteiger partial charge in [-0.2, -0.15) is 0 Å². The first-order chi connectivity index (χ1) is 15.6. The lowest BCUT2D eigenvalue weighted by atomic mass is 9.86. The molecule has 0 bridgehead atoms. The molecular weight excluding hydrogens is 408 g/mol. The number of carbonyl (C=O) groups is 3. The number of urea groups is 1. The zero-order valence-corrected chi connectivity index (χ0v) is 18.5. The van der Waals surface area contributed by atoms with Gasteiger partial charge in [-0.1, -0.05) is 30.3 Å². The molecule has 4 fully saturated rings. The van der Waals surface area contributed by atoms with Crippen LogP contribution in [0.5, 0.6) is 0 Å². The van der Waals surface area contributed by atoms with Gasteiger partial charge in [0.1, 0.15) is 11.6 Å². The van der Waals surface area contributed by atoms with E-state index in [1.54, 1.807) is 0 Å². The number of piperidine rings is 2. The molecule has 4 saturated heterocycles. The Morgan fingerprint density at radius 3 is 2.41 bits per heavy atom. The SMILES string of the molecule is O=C([C@@H]1CCCO1)N1CCC(N2C(=O)NC3(CCN(Cc4ccccc4)CC3)C2=O)CC1. The van der Waals surface area contributed by atoms with Crippen LogP contribution in [-0.2, 0) is 20.9 Å². The molecule has 1 aromatic rings. The van der Waals surface area contributed by atoms with E-state index in [0.717, 1.165) is 32.5 Å². The number of hydrogen-bond acceptors (Lipinski definition) is 5. The largest absolute Gasteiger partial charge is 0.368 e. The van der Waals surface area contributed by atoms with Crippen molar-refractivity contribution >= 4 is 17.8 Å². The number of nitrogens with one attached hydrogen (secondary N) is 1. The summed E-state index contributed by atoms with van der Waals surface area (Å²) in [7, 11) is 0. The minimum absolute atomic E-state index is 0.0559. The van der Waals surface area contributed by atoms with Crippen LogP contribution in [0.4, 0.5) is 4.79 Å². The van der Waals surface area contributed by atoms with Crippen LogP contribution in [0, 0.1) is 0 Å². The number of hydrogen-bond donors (Lipinski definition) is 1. The maximum Gasteiger partial charge on any atom is 0.325 e. The third-order valence-electron chi connectivity index (χ3n) is 7.50. The third-order valence-corrected chi connectivity index (χ3v) is 7.50. The fourth-order valence-corrected chi connectivity index (χ4v) is 5.57. The van der Waals surface area contributed by atoms with Crippen molar-refractivity contribution in [2.75, 3.05) is 32.8 Å². The molecule has 5 rings (SSSR count). The predicted molar refractivity (Wildman–Crippen MR) is 118 cm³/mol. The second-order valence-corrected chi connectivity index (χ2v) is 9.51. The fourth-order valence-electron chi connectivity index (χ4n) is 5.57. The zero-order valence-electron chi connectivity index (χ0n) is 18.5. The monoisotopic (exact) mass is 440 g/mol. The van der Waals surface area contributed by atoms with Gasteiger partial charge in [0.05, 0.1) is 0 Å². The number of rotatable bonds is 4. The molecule has 0 aromatic heterocycles. The first kappa shape index (κ1) is 21.4. The number of ether oxygens (including phenoxy) is 1. The Labute approximate surface area is 188 Å². The summed E-state index contributed by atoms with van der Waals surface area (Å²) in [4.78, 5) is 44.5. The normalized spacial score (nSPS) is 26.7. The van der Waals surface area contributed by atoms with Crippen molar-refractivity contribution in [1.82, 2.24) is 20.0 Å². The number of imide groups is 1. The quantitative estimate of drug-likeness (QED) is 0.722. The Kier molecular flexibility index (Phi) is 5.90. The fraction of sp³-hybridized carbons (Fsp3) is 0.625. The second-order valence-electron chi connectivity index (χ2n) is 9.51. The van der Waals surface area contributed by atoms with E-state index in [-0.39, 0.29) is 30.0 Å². The standard InChI is InChI=1S/C24H32N4O4/c29-21(20-7-4-16-32-20)27-12-8-19(9-13-27)28-22(30)24(25-23(28)31)10-14-26(15-11-24)17-18-5-2-1-3-6-18/h1-3,5-6,19-20H,4,7-17H2,(H,25,31)/t20-/m0/s1. The van der Waals surface area contributed by atoms with Crippen LogP contribution in [0.15, 0.2) is 30.3 Å². The summed E-state index contributed by atoms with van der Waals surface area (Å²) in [6.45, 7) is 4.21. The maximum atomic E-state index is 13.4. The van der Waals surface area contributed by atoms with Gasteiger partial charge < -0.3 is 15.0 Å². The summed E-state index contributed by atoms with van der Waals surface area (Å²) in [6, 6.07) is 9.92. The van der Waals surface area contributed by atoms with Crippen molar-refractivity contribution in [2.24, 2.45) is 0 Å². The van der Waals surface area contributed by atoms with Gasteiger partial charge in [-0.05, 0) is 44.1 Å². The van der Waals surface area contributed by atoms with E-state index in [0.29, 0.717) is 45.4 Å². The average molecular weight is 441 g/mol. The Bertz CT molecular complexity index is 854. The highest BCUT2D eigenvalue weighted by Crippen LogP contribution is 2.33. The van der Waals surface area contributed by atoms with Gasteiger partial charge in [0.25, 0.3) is 11.8 Å². The molecule has 4 aliphatic heterocycles. The number of nitrogens with zero attached hydrogens (tertiary/aromatic N) is 3. The van der Waals surface area contributed by atoms with Gasteiger partial charge in [0.2, 0.25) is 0 Å². The van der Waals surface area contributed by atoms with Crippen LogP contribution in [-0.4, -0.2) is 83.0 Å². The lowest BCUT2D eigenvalue weighted by Crippen LogP contribution is -2.55. The Hall–Kier alpha value is -2.45. The van der Waals surface area contributed by atoms with Gasteiger partial charge in [-0.25, -0.2) is 4.79 Å². The molecule has 1 N–H and O–H groups in total. The molecule has 0 radical (unpaired) electrons. The molecule has 1 spiro atoms. The molecule has 0 saturated carbocycles. The minimum atomic E-state index is -0.769. The summed E-state index contributed by atoms with van der Waals surface area (Å²) in [6.07, 6.45) is 3.94. The van der Waals surface area contributed by atoms with Crippen LogP contribution >= 0.6 is 0 Å². The van der Waals surface area contributed by atoms with Crippen LogP contribution < -0.4 is 5.32 Å². The molecule has 8 heteroatoms. The summed E-state index contributed by atoms with van der Waals surface area (Å²) in [5.74, 6) is -0.0221. The molecule has 4 aliphatic rings. The van der Waals surface area contributed by atoms with E-state index in [4.69, 9.17) is 4.74 Å². The van der Waals surface area contributed by atoms with E-state index in [1.165, 1.54) is 10.5 Å². The Morgan fingerprint density at radius 2 is 1.75 bits per heavy atom. The van der Waals surface area contributed by atoms with Crippen molar-refractivity contribution in [2.45, 2.75) is 62.8 Å². The highest BCUT2D eigenvalue weighted by molar-refractivity contribution is 6.07. The molecule has 4 amide bonds. The average Bonchev–Trinajstić information content (AvgIpc) is 3.43. The lowest BCUT2D eigenvalue weighted by molar-refractivity contribution is -0.143. The van der Waals surface area contributed by atoms with Crippen LogP contribution in [0.25, 0.3) is 0 Å². The first-order valence-corrected chi connectivity index (χ1v) is 11.9. The Morgan fingerprint density at radius 1 is 1.03 bits per heavy atom. The molecule has 32 heavy (non-hydrogen) atoms. The van der Waals surface area contributed by atoms with E-state index in [1.807, 2.05) is 23.1 Å². The van der Waals surface area contributed by atoms with E-state index >= 15 is 0 Å². The van der Waals surface area contributed by atoms with Gasteiger partial charge in [0, 0.05) is 45.4 Å². The molecule has 1 atom stereocenters. The number of amides is 4. The topological polar surface area (TPSA) is 82.2 Å². The zero-order chi connectivity index (χ0) is 22.1. The second kappa shape index (κ2) is 8.83. The summed E-state index contributed by atoms with van der Waals surface area (Å²) < 4.78 is 5.53. The van der Waals surface area contributed by atoms with Crippen molar-refractivity contribution in [3.8, 4) is 0 Å². The van der Waals surface area contributed by atoms with Crippen LogP contribution in [0.2, 0.25) is 0 Å².